The summed E-state index contributed by atoms with van der Waals surface area (Å²) in [5.74, 6) is 0.119. The van der Waals surface area contributed by atoms with Crippen LogP contribution in [0, 0.1) is 20.8 Å². The van der Waals surface area contributed by atoms with Gasteiger partial charge in [-0.15, -0.1) is 0 Å². The molecule has 2 aromatic rings. The predicted octanol–water partition coefficient (Wildman–Crippen LogP) is 4.30. The van der Waals surface area contributed by atoms with Gasteiger partial charge in [-0.25, -0.2) is 4.79 Å². The molecule has 0 saturated carbocycles. The summed E-state index contributed by atoms with van der Waals surface area (Å²) >= 11 is 0. The van der Waals surface area contributed by atoms with Crippen molar-refractivity contribution < 1.29 is 14.3 Å². The van der Waals surface area contributed by atoms with Gasteiger partial charge in [-0.2, -0.15) is 0 Å². The van der Waals surface area contributed by atoms with Crippen molar-refractivity contribution in [2.45, 2.75) is 20.8 Å². The maximum Gasteiger partial charge on any atom is 0.342 e. The van der Waals surface area contributed by atoms with Gasteiger partial charge < -0.3 is 9.47 Å². The van der Waals surface area contributed by atoms with Gasteiger partial charge in [-0.05, 0) is 37.5 Å². The van der Waals surface area contributed by atoms with Crippen molar-refractivity contribution in [2.24, 2.45) is 0 Å². The summed E-state index contributed by atoms with van der Waals surface area (Å²) in [6, 6.07) is 13.7. The molecule has 0 spiro atoms. The van der Waals surface area contributed by atoms with Gasteiger partial charge in [0.2, 0.25) is 0 Å². The lowest BCUT2D eigenvalue weighted by molar-refractivity contribution is -0.133. The van der Waals surface area contributed by atoms with Crippen LogP contribution in [0.3, 0.4) is 0 Å². The first-order chi connectivity index (χ1) is 11.0. The summed E-state index contributed by atoms with van der Waals surface area (Å²) < 4.78 is 10.6. The van der Waals surface area contributed by atoms with E-state index in [2.05, 4.69) is 12.1 Å². The van der Waals surface area contributed by atoms with Crippen molar-refractivity contribution in [1.82, 2.24) is 0 Å². The summed E-state index contributed by atoms with van der Waals surface area (Å²) in [4.78, 5) is 12.5. The van der Waals surface area contributed by atoms with Gasteiger partial charge in [-0.1, -0.05) is 48.0 Å². The molecule has 2 aromatic carbocycles. The molecule has 23 heavy (non-hydrogen) atoms. The van der Waals surface area contributed by atoms with Gasteiger partial charge in [-0.3, -0.25) is 0 Å². The molecular formula is C20H22O3. The van der Waals surface area contributed by atoms with Crippen LogP contribution in [0.5, 0.6) is 0 Å². The number of ether oxygens (including phenoxy) is 2. The molecule has 0 radical (unpaired) electrons. The second-order valence-corrected chi connectivity index (χ2v) is 5.54. The highest BCUT2D eigenvalue weighted by molar-refractivity contribution is 6.24. The lowest BCUT2D eigenvalue weighted by atomic mass is 9.91. The summed E-state index contributed by atoms with van der Waals surface area (Å²) in [6.07, 6.45) is 0. The first-order valence-electron chi connectivity index (χ1n) is 7.49. The van der Waals surface area contributed by atoms with Gasteiger partial charge in [0.1, 0.15) is 11.3 Å². The third-order valence-corrected chi connectivity index (χ3v) is 3.78. The fraction of sp³-hybridized carbons (Fsp3) is 0.250. The van der Waals surface area contributed by atoms with Crippen molar-refractivity contribution >= 4 is 17.3 Å². The van der Waals surface area contributed by atoms with E-state index in [0.29, 0.717) is 11.3 Å². The normalized spacial score (nSPS) is 11.7. The molecule has 0 unspecified atom stereocenters. The number of carbonyl (C=O) groups is 1. The Kier molecular flexibility index (Phi) is 5.22. The van der Waals surface area contributed by atoms with E-state index in [0.717, 1.165) is 27.8 Å². The van der Waals surface area contributed by atoms with Crippen molar-refractivity contribution in [2.75, 3.05) is 14.2 Å². The molecule has 0 fully saturated rings. The van der Waals surface area contributed by atoms with Crippen LogP contribution < -0.4 is 0 Å². The molecule has 0 amide bonds. The smallest absolute Gasteiger partial charge is 0.342 e. The van der Waals surface area contributed by atoms with E-state index in [1.54, 1.807) is 7.11 Å². The first kappa shape index (κ1) is 16.8. The minimum atomic E-state index is -0.402. The van der Waals surface area contributed by atoms with E-state index in [1.807, 2.05) is 51.1 Å². The van der Waals surface area contributed by atoms with Crippen molar-refractivity contribution in [1.29, 1.82) is 0 Å². The van der Waals surface area contributed by atoms with Crippen molar-refractivity contribution in [3.8, 4) is 0 Å². The highest BCUT2D eigenvalue weighted by atomic mass is 16.5. The van der Waals surface area contributed by atoms with E-state index >= 15 is 0 Å². The van der Waals surface area contributed by atoms with Crippen LogP contribution >= 0.6 is 0 Å². The van der Waals surface area contributed by atoms with Gasteiger partial charge in [0.15, 0.2) is 0 Å². The average molecular weight is 310 g/mol. The van der Waals surface area contributed by atoms with Gasteiger partial charge in [0.05, 0.1) is 14.2 Å². The number of carbonyl (C=O) groups excluding carboxylic acids is 1. The molecule has 120 valence electrons. The molecule has 2 rings (SSSR count). The Hall–Kier alpha value is -2.55. The zero-order chi connectivity index (χ0) is 17.0. The molecule has 0 bridgehead atoms. The third-order valence-electron chi connectivity index (χ3n) is 3.78. The minimum absolute atomic E-state index is 0.402. The third kappa shape index (κ3) is 3.45. The van der Waals surface area contributed by atoms with Gasteiger partial charge in [0, 0.05) is 5.56 Å². The molecule has 0 aliphatic rings. The van der Waals surface area contributed by atoms with Crippen LogP contribution in [0.2, 0.25) is 0 Å². The standard InChI is InChI=1S/C20H22O3/c1-13-11-14(2)17(15(3)12-13)18(20(21)23-5)19(22-4)16-9-7-6-8-10-16/h6-12H,1-5H3/b19-18-. The zero-order valence-corrected chi connectivity index (χ0v) is 14.3. The molecule has 0 aliphatic heterocycles. The molecule has 0 aromatic heterocycles. The highest BCUT2D eigenvalue weighted by Crippen LogP contribution is 2.32. The number of hydrogen-bond donors (Lipinski definition) is 0. The molecule has 0 heterocycles. The monoisotopic (exact) mass is 310 g/mol. The fourth-order valence-corrected chi connectivity index (χ4v) is 2.94. The van der Waals surface area contributed by atoms with Gasteiger partial charge >= 0.3 is 5.97 Å². The molecule has 3 heteroatoms. The summed E-state index contributed by atoms with van der Waals surface area (Å²) in [7, 11) is 2.96. The van der Waals surface area contributed by atoms with Crippen LogP contribution in [-0.4, -0.2) is 20.2 Å². The Morgan fingerprint density at radius 3 is 1.91 bits per heavy atom. The van der Waals surface area contributed by atoms with E-state index in [1.165, 1.54) is 7.11 Å². The Morgan fingerprint density at radius 1 is 0.870 bits per heavy atom. The Bertz CT molecular complexity index is 720. The van der Waals surface area contributed by atoms with Gasteiger partial charge in [0.25, 0.3) is 0 Å². The Morgan fingerprint density at radius 2 is 1.43 bits per heavy atom. The SMILES string of the molecule is COC(=O)/C(=C(\OC)c1ccccc1)c1c(C)cc(C)cc1C. The van der Waals surface area contributed by atoms with E-state index in [-0.39, 0.29) is 0 Å². The second-order valence-electron chi connectivity index (χ2n) is 5.54. The van der Waals surface area contributed by atoms with Crippen LogP contribution in [-0.2, 0) is 14.3 Å². The van der Waals surface area contributed by atoms with Crippen molar-refractivity contribution in [3.63, 3.8) is 0 Å². The van der Waals surface area contributed by atoms with E-state index < -0.39 is 5.97 Å². The van der Waals surface area contributed by atoms with Crippen LogP contribution in [0.15, 0.2) is 42.5 Å². The second kappa shape index (κ2) is 7.14. The van der Waals surface area contributed by atoms with E-state index in [4.69, 9.17) is 9.47 Å². The Balaban J connectivity index is 2.81. The lowest BCUT2D eigenvalue weighted by Crippen LogP contribution is -2.10. The number of methoxy groups -OCH3 is 2. The maximum absolute atomic E-state index is 12.5. The molecule has 0 atom stereocenters. The lowest BCUT2D eigenvalue weighted by Gasteiger charge is -2.17. The number of hydrogen-bond acceptors (Lipinski definition) is 3. The number of benzene rings is 2. The van der Waals surface area contributed by atoms with Crippen LogP contribution in [0.25, 0.3) is 11.3 Å². The average Bonchev–Trinajstić information content (AvgIpc) is 2.53. The predicted molar refractivity (Wildman–Crippen MR) is 92.9 cm³/mol. The Labute approximate surface area is 137 Å². The largest absolute Gasteiger partial charge is 0.495 e. The molecule has 0 N–H and O–H groups in total. The summed E-state index contributed by atoms with van der Waals surface area (Å²) in [6.45, 7) is 6.03. The quantitative estimate of drug-likeness (QED) is 0.365. The molecule has 0 saturated heterocycles. The highest BCUT2D eigenvalue weighted by Gasteiger charge is 2.24. The maximum atomic E-state index is 12.5. The summed E-state index contributed by atoms with van der Waals surface area (Å²) in [5.41, 5.74) is 5.36. The van der Waals surface area contributed by atoms with Crippen LogP contribution in [0.1, 0.15) is 27.8 Å². The number of esters is 1. The number of rotatable bonds is 4. The summed E-state index contributed by atoms with van der Waals surface area (Å²) in [5, 5.41) is 0. The van der Waals surface area contributed by atoms with E-state index in [9.17, 15) is 4.79 Å². The molecular weight excluding hydrogens is 288 g/mol. The van der Waals surface area contributed by atoms with Crippen molar-refractivity contribution in [3.05, 3.63) is 70.3 Å². The zero-order valence-electron chi connectivity index (χ0n) is 14.3. The van der Waals surface area contributed by atoms with Crippen LogP contribution in [0.4, 0.5) is 0 Å². The number of aryl methyl sites for hydroxylation is 3. The molecule has 0 aliphatic carbocycles. The fourth-order valence-electron chi connectivity index (χ4n) is 2.94. The molecule has 3 nitrogen and oxygen atoms in total. The first-order valence-corrected chi connectivity index (χ1v) is 7.49. The topological polar surface area (TPSA) is 35.5 Å². The minimum Gasteiger partial charge on any atom is -0.495 e.